The molecule has 98 valence electrons. The molecule has 3 rings (SSSR count). The second-order valence-electron chi connectivity index (χ2n) is 5.22. The summed E-state index contributed by atoms with van der Waals surface area (Å²) in [5.41, 5.74) is 6.77. The Kier molecular flexibility index (Phi) is 2.94. The highest BCUT2D eigenvalue weighted by Gasteiger charge is 2.23. The largest absolute Gasteiger partial charge is 0.497 e. The van der Waals surface area contributed by atoms with Crippen LogP contribution < -0.4 is 10.1 Å². The average molecular weight is 253 g/mol. The lowest BCUT2D eigenvalue weighted by Gasteiger charge is -2.13. The first-order chi connectivity index (χ1) is 9.19. The molecule has 1 aliphatic rings. The highest BCUT2D eigenvalue weighted by Crippen LogP contribution is 2.37. The first-order valence-electron chi connectivity index (χ1n) is 6.68. The van der Waals surface area contributed by atoms with Crippen LogP contribution in [-0.2, 0) is 6.42 Å². The van der Waals surface area contributed by atoms with Crippen LogP contribution >= 0.6 is 0 Å². The maximum absolute atomic E-state index is 5.21. The Morgan fingerprint density at radius 1 is 1.05 bits per heavy atom. The van der Waals surface area contributed by atoms with Gasteiger partial charge in [0.15, 0.2) is 0 Å². The number of methoxy groups -OCH3 is 1. The number of benzene rings is 2. The van der Waals surface area contributed by atoms with E-state index in [1.165, 1.54) is 27.9 Å². The number of hydrogen-bond donors (Lipinski definition) is 1. The summed E-state index contributed by atoms with van der Waals surface area (Å²) in [6, 6.07) is 13.2. The van der Waals surface area contributed by atoms with Crippen LogP contribution in [0.5, 0.6) is 5.75 Å². The molecule has 0 aliphatic carbocycles. The molecule has 1 aliphatic heterocycles. The summed E-state index contributed by atoms with van der Waals surface area (Å²) in [6.45, 7) is 4.36. The third kappa shape index (κ3) is 2.07. The van der Waals surface area contributed by atoms with E-state index < -0.39 is 0 Å². The van der Waals surface area contributed by atoms with Crippen molar-refractivity contribution in [3.8, 4) is 5.75 Å². The molecular formula is C17H19NO. The Labute approximate surface area is 114 Å². The maximum atomic E-state index is 5.21. The van der Waals surface area contributed by atoms with Crippen LogP contribution in [0.4, 0.5) is 5.69 Å². The quantitative estimate of drug-likeness (QED) is 0.872. The third-order valence-electron chi connectivity index (χ3n) is 4.08. The molecule has 0 saturated heterocycles. The van der Waals surface area contributed by atoms with Gasteiger partial charge >= 0.3 is 0 Å². The lowest BCUT2D eigenvalue weighted by molar-refractivity contribution is 0.414. The molecule has 0 bridgehead atoms. The van der Waals surface area contributed by atoms with Crippen molar-refractivity contribution in [1.29, 1.82) is 0 Å². The van der Waals surface area contributed by atoms with Gasteiger partial charge in [-0.2, -0.15) is 0 Å². The molecule has 0 fully saturated rings. The van der Waals surface area contributed by atoms with Crippen molar-refractivity contribution in [3.05, 3.63) is 58.7 Å². The molecule has 0 aromatic heterocycles. The van der Waals surface area contributed by atoms with Crippen molar-refractivity contribution in [1.82, 2.24) is 0 Å². The zero-order chi connectivity index (χ0) is 13.4. The van der Waals surface area contributed by atoms with E-state index in [4.69, 9.17) is 4.74 Å². The van der Waals surface area contributed by atoms with Crippen LogP contribution in [0.15, 0.2) is 36.4 Å². The van der Waals surface area contributed by atoms with E-state index in [2.05, 4.69) is 43.4 Å². The van der Waals surface area contributed by atoms with E-state index in [0.717, 1.165) is 12.2 Å². The first kappa shape index (κ1) is 12.1. The van der Waals surface area contributed by atoms with Gasteiger partial charge in [-0.15, -0.1) is 0 Å². The van der Waals surface area contributed by atoms with Gasteiger partial charge in [-0.3, -0.25) is 0 Å². The summed E-state index contributed by atoms with van der Waals surface area (Å²) in [6.07, 6.45) is 1.06. The predicted molar refractivity (Wildman–Crippen MR) is 79.0 cm³/mol. The second-order valence-corrected chi connectivity index (χ2v) is 5.22. The number of anilines is 1. The van der Waals surface area contributed by atoms with Gasteiger partial charge in [-0.05, 0) is 54.7 Å². The molecule has 0 saturated carbocycles. The number of rotatable bonds is 2. The average Bonchev–Trinajstić information content (AvgIpc) is 2.88. The van der Waals surface area contributed by atoms with Crippen molar-refractivity contribution >= 4 is 5.69 Å². The zero-order valence-corrected chi connectivity index (χ0v) is 11.7. The fourth-order valence-corrected chi connectivity index (χ4v) is 2.73. The van der Waals surface area contributed by atoms with E-state index in [9.17, 15) is 0 Å². The van der Waals surface area contributed by atoms with Crippen molar-refractivity contribution < 1.29 is 4.74 Å². The van der Waals surface area contributed by atoms with Crippen molar-refractivity contribution in [2.75, 3.05) is 12.4 Å². The topological polar surface area (TPSA) is 21.3 Å². The number of aryl methyl sites for hydroxylation is 1. The summed E-state index contributed by atoms with van der Waals surface area (Å²) in [7, 11) is 1.70. The summed E-state index contributed by atoms with van der Waals surface area (Å²) in [5, 5.41) is 3.66. The Hall–Kier alpha value is -1.96. The maximum Gasteiger partial charge on any atom is 0.118 e. The Morgan fingerprint density at radius 2 is 1.79 bits per heavy atom. The molecule has 1 heterocycles. The molecule has 19 heavy (non-hydrogen) atoms. The molecule has 1 atom stereocenters. The van der Waals surface area contributed by atoms with Crippen LogP contribution in [0.1, 0.15) is 28.3 Å². The lowest BCUT2D eigenvalue weighted by Crippen LogP contribution is -2.05. The molecule has 2 nitrogen and oxygen atoms in total. The van der Waals surface area contributed by atoms with Gasteiger partial charge in [0.25, 0.3) is 0 Å². The van der Waals surface area contributed by atoms with Crippen LogP contribution in [0.2, 0.25) is 0 Å². The van der Waals surface area contributed by atoms with Gasteiger partial charge in [0, 0.05) is 5.69 Å². The normalized spacial score (nSPS) is 16.9. The van der Waals surface area contributed by atoms with E-state index in [0.29, 0.717) is 6.04 Å². The number of nitrogens with one attached hydrogen (secondary N) is 1. The zero-order valence-electron chi connectivity index (χ0n) is 11.7. The Bertz CT molecular complexity index is 601. The standard InChI is InChI=1S/C17H19NO/c1-11-4-5-14-10-16(18-17(14)12(11)2)13-6-8-15(19-3)9-7-13/h4-9,16,18H,10H2,1-3H3. The van der Waals surface area contributed by atoms with Gasteiger partial charge in [0.05, 0.1) is 13.2 Å². The molecule has 0 radical (unpaired) electrons. The van der Waals surface area contributed by atoms with Crippen molar-refractivity contribution in [2.45, 2.75) is 26.3 Å². The van der Waals surface area contributed by atoms with Crippen molar-refractivity contribution in [3.63, 3.8) is 0 Å². The molecule has 1 unspecified atom stereocenters. The van der Waals surface area contributed by atoms with E-state index in [-0.39, 0.29) is 0 Å². The van der Waals surface area contributed by atoms with E-state index >= 15 is 0 Å². The van der Waals surface area contributed by atoms with Gasteiger partial charge in [-0.1, -0.05) is 24.3 Å². The number of ether oxygens (including phenoxy) is 1. The number of hydrogen-bond acceptors (Lipinski definition) is 2. The van der Waals surface area contributed by atoms with E-state index in [1.54, 1.807) is 7.11 Å². The summed E-state index contributed by atoms with van der Waals surface area (Å²) in [5.74, 6) is 0.909. The Balaban J connectivity index is 1.88. The third-order valence-corrected chi connectivity index (χ3v) is 4.08. The van der Waals surface area contributed by atoms with Gasteiger partial charge in [-0.25, -0.2) is 0 Å². The van der Waals surface area contributed by atoms with Crippen molar-refractivity contribution in [2.24, 2.45) is 0 Å². The summed E-state index contributed by atoms with van der Waals surface area (Å²) in [4.78, 5) is 0. The van der Waals surface area contributed by atoms with Crippen LogP contribution in [0.25, 0.3) is 0 Å². The van der Waals surface area contributed by atoms with Crippen LogP contribution in [-0.4, -0.2) is 7.11 Å². The summed E-state index contributed by atoms with van der Waals surface area (Å²) < 4.78 is 5.21. The molecule has 0 spiro atoms. The first-order valence-corrected chi connectivity index (χ1v) is 6.68. The molecule has 0 amide bonds. The fourth-order valence-electron chi connectivity index (χ4n) is 2.73. The summed E-state index contributed by atoms with van der Waals surface area (Å²) >= 11 is 0. The molecule has 2 aromatic rings. The molecule has 2 aromatic carbocycles. The molecule has 2 heteroatoms. The number of fused-ring (bicyclic) bond motifs is 1. The van der Waals surface area contributed by atoms with Crippen LogP contribution in [0.3, 0.4) is 0 Å². The monoisotopic (exact) mass is 253 g/mol. The lowest BCUT2D eigenvalue weighted by atomic mass is 10.0. The fraction of sp³-hybridized carbons (Fsp3) is 0.294. The van der Waals surface area contributed by atoms with Gasteiger partial charge in [0.1, 0.15) is 5.75 Å². The van der Waals surface area contributed by atoms with Gasteiger partial charge < -0.3 is 10.1 Å². The van der Waals surface area contributed by atoms with Crippen LogP contribution in [0, 0.1) is 13.8 Å². The predicted octanol–water partition coefficient (Wildman–Crippen LogP) is 4.02. The second kappa shape index (κ2) is 4.61. The minimum absolute atomic E-state index is 0.376. The smallest absolute Gasteiger partial charge is 0.118 e. The highest BCUT2D eigenvalue weighted by molar-refractivity contribution is 5.65. The Morgan fingerprint density at radius 3 is 2.47 bits per heavy atom. The SMILES string of the molecule is COc1ccc(C2Cc3ccc(C)c(C)c3N2)cc1. The van der Waals surface area contributed by atoms with Gasteiger partial charge in [0.2, 0.25) is 0 Å². The minimum Gasteiger partial charge on any atom is -0.497 e. The highest BCUT2D eigenvalue weighted by atomic mass is 16.5. The molecule has 1 N–H and O–H groups in total. The minimum atomic E-state index is 0.376. The molecular weight excluding hydrogens is 234 g/mol. The van der Waals surface area contributed by atoms with E-state index in [1.807, 2.05) is 12.1 Å².